The molecule has 2 aromatic carbocycles. The van der Waals surface area contributed by atoms with Gasteiger partial charge in [0, 0.05) is 19.0 Å². The number of aromatic nitrogens is 2. The maximum atomic E-state index is 12.4. The van der Waals surface area contributed by atoms with Crippen LogP contribution in [0.25, 0.3) is 11.0 Å². The van der Waals surface area contributed by atoms with E-state index >= 15 is 0 Å². The van der Waals surface area contributed by atoms with Gasteiger partial charge < -0.3 is 9.30 Å². The molecule has 2 heterocycles. The van der Waals surface area contributed by atoms with Crippen molar-refractivity contribution < 1.29 is 9.53 Å². The highest BCUT2D eigenvalue weighted by Crippen LogP contribution is 2.28. The molecule has 0 radical (unpaired) electrons. The smallest absolute Gasteiger partial charge is 0.247 e. The van der Waals surface area contributed by atoms with Crippen LogP contribution in [0.1, 0.15) is 23.4 Å². The molecule has 1 aliphatic heterocycles. The molecule has 0 unspecified atom stereocenters. The van der Waals surface area contributed by atoms with Crippen LogP contribution in [0.3, 0.4) is 0 Å². The molecule has 0 fully saturated rings. The highest BCUT2D eigenvalue weighted by molar-refractivity contribution is 6.04. The van der Waals surface area contributed by atoms with Crippen LogP contribution in [0.5, 0.6) is 5.75 Å². The van der Waals surface area contributed by atoms with Crippen LogP contribution in [0.4, 0.5) is 0 Å². The fourth-order valence-electron chi connectivity index (χ4n) is 3.24. The Hall–Kier alpha value is -3.15. The van der Waals surface area contributed by atoms with Crippen molar-refractivity contribution in [3.8, 4) is 5.75 Å². The second kappa shape index (κ2) is 6.63. The van der Waals surface area contributed by atoms with Gasteiger partial charge in [-0.25, -0.2) is 10.4 Å². The maximum absolute atomic E-state index is 12.4. The van der Waals surface area contributed by atoms with Crippen molar-refractivity contribution >= 4 is 22.7 Å². The van der Waals surface area contributed by atoms with E-state index < -0.39 is 0 Å². The third-order valence-electron chi connectivity index (χ3n) is 4.62. The molecule has 1 aromatic heterocycles. The zero-order chi connectivity index (χ0) is 18.1. The molecule has 132 valence electrons. The minimum absolute atomic E-state index is 0.180. The van der Waals surface area contributed by atoms with Gasteiger partial charge in [-0.15, -0.1) is 0 Å². The summed E-state index contributed by atoms with van der Waals surface area (Å²) in [5.74, 6) is 1.38. The van der Waals surface area contributed by atoms with E-state index in [1.165, 1.54) is 0 Å². The van der Waals surface area contributed by atoms with Gasteiger partial charge in [-0.2, -0.15) is 5.10 Å². The number of carbonyl (C=O) groups is 1. The number of rotatable bonds is 3. The number of fused-ring (bicyclic) bond motifs is 2. The predicted octanol–water partition coefficient (Wildman–Crippen LogP) is 2.73. The SMILES string of the molecule is Cc1cccc2c1OCC/C2=N/NC(=O)Cc1nc2ccccc2n1C. The first-order valence-corrected chi connectivity index (χ1v) is 8.62. The molecule has 0 aliphatic carbocycles. The molecule has 6 heteroatoms. The Morgan fingerprint density at radius 1 is 1.27 bits per heavy atom. The highest BCUT2D eigenvalue weighted by atomic mass is 16.5. The Morgan fingerprint density at radius 2 is 2.12 bits per heavy atom. The lowest BCUT2D eigenvalue weighted by Crippen LogP contribution is -2.25. The number of para-hydroxylation sites is 3. The Balaban J connectivity index is 1.52. The molecule has 0 saturated carbocycles. The van der Waals surface area contributed by atoms with Crippen molar-refractivity contribution in [3.05, 3.63) is 59.4 Å². The van der Waals surface area contributed by atoms with E-state index in [1.807, 2.05) is 61.0 Å². The van der Waals surface area contributed by atoms with Crippen LogP contribution in [0, 0.1) is 6.92 Å². The van der Waals surface area contributed by atoms with Gasteiger partial charge in [-0.1, -0.05) is 24.3 Å². The van der Waals surface area contributed by atoms with Gasteiger partial charge in [-0.05, 0) is 30.7 Å². The van der Waals surface area contributed by atoms with E-state index in [0.717, 1.165) is 33.6 Å². The zero-order valence-electron chi connectivity index (χ0n) is 14.8. The first-order chi connectivity index (χ1) is 12.6. The van der Waals surface area contributed by atoms with Crippen molar-refractivity contribution in [1.82, 2.24) is 15.0 Å². The predicted molar refractivity (Wildman–Crippen MR) is 100 cm³/mol. The van der Waals surface area contributed by atoms with E-state index in [2.05, 4.69) is 15.5 Å². The van der Waals surface area contributed by atoms with Gasteiger partial charge >= 0.3 is 0 Å². The molecule has 0 saturated heterocycles. The number of hydrazone groups is 1. The summed E-state index contributed by atoms with van der Waals surface area (Å²) >= 11 is 0. The minimum Gasteiger partial charge on any atom is -0.492 e. The maximum Gasteiger partial charge on any atom is 0.247 e. The molecule has 1 aliphatic rings. The molecule has 0 bridgehead atoms. The lowest BCUT2D eigenvalue weighted by atomic mass is 10.0. The standard InChI is InChI=1S/C20H20N4O2/c1-13-6-5-7-14-15(10-11-26-20(13)14)22-23-19(25)12-18-21-16-8-3-4-9-17(16)24(18)2/h3-9H,10-12H2,1-2H3,(H,23,25)/b22-15-. The Labute approximate surface area is 151 Å². The van der Waals surface area contributed by atoms with Gasteiger partial charge in [0.1, 0.15) is 11.6 Å². The van der Waals surface area contributed by atoms with Crippen molar-refractivity contribution in [2.75, 3.05) is 6.61 Å². The van der Waals surface area contributed by atoms with Crippen LogP contribution in [-0.4, -0.2) is 27.8 Å². The number of benzene rings is 2. The normalized spacial score (nSPS) is 14.9. The Kier molecular flexibility index (Phi) is 4.16. The molecule has 1 amide bonds. The topological polar surface area (TPSA) is 68.5 Å². The molecule has 6 nitrogen and oxygen atoms in total. The van der Waals surface area contributed by atoms with Crippen molar-refractivity contribution in [1.29, 1.82) is 0 Å². The van der Waals surface area contributed by atoms with Gasteiger partial charge in [0.15, 0.2) is 0 Å². The molecule has 3 aromatic rings. The van der Waals surface area contributed by atoms with Crippen molar-refractivity contribution in [3.63, 3.8) is 0 Å². The first-order valence-electron chi connectivity index (χ1n) is 8.62. The van der Waals surface area contributed by atoms with Crippen LogP contribution < -0.4 is 10.2 Å². The van der Waals surface area contributed by atoms with Crippen LogP contribution in [0.2, 0.25) is 0 Å². The molecule has 0 atom stereocenters. The van der Waals surface area contributed by atoms with Gasteiger partial charge in [0.05, 0.1) is 29.8 Å². The fourth-order valence-corrected chi connectivity index (χ4v) is 3.24. The highest BCUT2D eigenvalue weighted by Gasteiger charge is 2.19. The summed E-state index contributed by atoms with van der Waals surface area (Å²) in [5.41, 5.74) is 7.42. The summed E-state index contributed by atoms with van der Waals surface area (Å²) in [4.78, 5) is 16.9. The molecular formula is C20H20N4O2. The second-order valence-electron chi connectivity index (χ2n) is 6.40. The number of ether oxygens (including phenoxy) is 1. The lowest BCUT2D eigenvalue weighted by molar-refractivity contribution is -0.120. The number of aryl methyl sites for hydroxylation is 2. The van der Waals surface area contributed by atoms with Crippen molar-refractivity contribution in [2.24, 2.45) is 12.1 Å². The number of nitrogens with one attached hydrogen (secondary N) is 1. The van der Waals surface area contributed by atoms with E-state index in [9.17, 15) is 4.79 Å². The minimum atomic E-state index is -0.184. The third kappa shape index (κ3) is 2.94. The zero-order valence-corrected chi connectivity index (χ0v) is 14.8. The average molecular weight is 348 g/mol. The largest absolute Gasteiger partial charge is 0.492 e. The summed E-state index contributed by atoms with van der Waals surface area (Å²) in [6.45, 7) is 2.57. The summed E-state index contributed by atoms with van der Waals surface area (Å²) in [6.07, 6.45) is 0.849. The number of hydrogen-bond donors (Lipinski definition) is 1. The second-order valence-corrected chi connectivity index (χ2v) is 6.40. The van der Waals surface area contributed by atoms with E-state index in [0.29, 0.717) is 18.9 Å². The number of nitrogens with zero attached hydrogens (tertiary/aromatic N) is 3. The number of imidazole rings is 1. The Morgan fingerprint density at radius 3 is 2.96 bits per heavy atom. The summed E-state index contributed by atoms with van der Waals surface area (Å²) in [7, 11) is 1.92. The molecular weight excluding hydrogens is 328 g/mol. The van der Waals surface area contributed by atoms with Crippen molar-refractivity contribution in [2.45, 2.75) is 19.8 Å². The monoisotopic (exact) mass is 348 g/mol. The Bertz CT molecular complexity index is 1020. The molecule has 1 N–H and O–H groups in total. The van der Waals surface area contributed by atoms with E-state index in [4.69, 9.17) is 4.74 Å². The number of carbonyl (C=O) groups excluding carboxylic acids is 1. The van der Waals surface area contributed by atoms with E-state index in [-0.39, 0.29) is 12.3 Å². The number of hydrogen-bond acceptors (Lipinski definition) is 4. The summed E-state index contributed by atoms with van der Waals surface area (Å²) < 4.78 is 7.67. The van der Waals surface area contributed by atoms with E-state index in [1.54, 1.807) is 0 Å². The van der Waals surface area contributed by atoms with Gasteiger partial charge in [0.2, 0.25) is 5.91 Å². The van der Waals surface area contributed by atoms with Gasteiger partial charge in [-0.3, -0.25) is 4.79 Å². The fraction of sp³-hybridized carbons (Fsp3) is 0.250. The molecule has 26 heavy (non-hydrogen) atoms. The third-order valence-corrected chi connectivity index (χ3v) is 4.62. The quantitative estimate of drug-likeness (QED) is 0.740. The summed E-state index contributed by atoms with van der Waals surface area (Å²) in [6, 6.07) is 13.8. The van der Waals surface area contributed by atoms with Crippen LogP contribution in [0.15, 0.2) is 47.6 Å². The molecule has 0 spiro atoms. The average Bonchev–Trinajstić information content (AvgIpc) is 2.96. The van der Waals surface area contributed by atoms with Gasteiger partial charge in [0.25, 0.3) is 0 Å². The summed E-state index contributed by atoms with van der Waals surface area (Å²) in [5, 5.41) is 4.35. The molecule has 4 rings (SSSR count). The van der Waals surface area contributed by atoms with Crippen LogP contribution >= 0.6 is 0 Å². The lowest BCUT2D eigenvalue weighted by Gasteiger charge is -2.20. The number of amides is 1. The first kappa shape index (κ1) is 16.3. The van der Waals surface area contributed by atoms with Crippen LogP contribution in [-0.2, 0) is 18.3 Å².